The van der Waals surface area contributed by atoms with Crippen molar-refractivity contribution in [3.63, 3.8) is 0 Å². The number of carbonyl (C=O) groups excluding carboxylic acids is 1. The van der Waals surface area contributed by atoms with Crippen LogP contribution in [0.25, 0.3) is 0 Å². The first-order valence-electron chi connectivity index (χ1n) is 9.83. The zero-order valence-electron chi connectivity index (χ0n) is 17.1. The Morgan fingerprint density at radius 1 is 1.09 bits per heavy atom. The molecule has 0 atom stereocenters. The minimum absolute atomic E-state index is 0.0375. The monoisotopic (exact) mass is 492 g/mol. The fraction of sp³-hybridized carbons (Fsp3) is 0.381. The summed E-state index contributed by atoms with van der Waals surface area (Å²) in [5.74, 6) is -0.622. The van der Waals surface area contributed by atoms with Crippen molar-refractivity contribution in [2.75, 3.05) is 11.9 Å². The van der Waals surface area contributed by atoms with Crippen LogP contribution in [0.4, 0.5) is 24.5 Å². The molecule has 0 heterocycles. The average molecular weight is 493 g/mol. The van der Waals surface area contributed by atoms with Crippen LogP contribution in [0.2, 0.25) is 10.0 Å². The molecular weight excluding hydrogens is 472 g/mol. The number of nitrogens with zero attached hydrogens (tertiary/aromatic N) is 1. The number of alkyl halides is 3. The number of nitro benzene ring substituents is 1. The number of amides is 1. The molecule has 0 aliphatic rings. The predicted molar refractivity (Wildman–Crippen MR) is 117 cm³/mol. The maximum Gasteiger partial charge on any atom is 0.416 e. The second kappa shape index (κ2) is 11.4. The number of nitrogens with one attached hydrogen (secondary N) is 1. The van der Waals surface area contributed by atoms with Crippen LogP contribution in [-0.4, -0.2) is 17.4 Å². The number of carbonyl (C=O) groups is 1. The number of hydrogen-bond acceptors (Lipinski definition) is 4. The van der Waals surface area contributed by atoms with Crippen LogP contribution in [0.3, 0.4) is 0 Å². The topological polar surface area (TPSA) is 81.5 Å². The van der Waals surface area contributed by atoms with Gasteiger partial charge in [0, 0.05) is 11.6 Å². The van der Waals surface area contributed by atoms with Gasteiger partial charge in [0.05, 0.1) is 27.1 Å². The summed E-state index contributed by atoms with van der Waals surface area (Å²) in [6.07, 6.45) is 0.402. The Balaban J connectivity index is 2.14. The average Bonchev–Trinajstić information content (AvgIpc) is 2.71. The van der Waals surface area contributed by atoms with Crippen LogP contribution >= 0.6 is 23.2 Å². The minimum Gasteiger partial charge on any atom is -0.490 e. The normalized spacial score (nSPS) is 11.3. The molecule has 0 saturated carbocycles. The summed E-state index contributed by atoms with van der Waals surface area (Å²) >= 11 is 12.3. The van der Waals surface area contributed by atoms with Gasteiger partial charge in [-0.2, -0.15) is 13.2 Å². The van der Waals surface area contributed by atoms with Crippen LogP contribution in [0.15, 0.2) is 30.3 Å². The van der Waals surface area contributed by atoms with Crippen molar-refractivity contribution in [2.24, 2.45) is 0 Å². The van der Waals surface area contributed by atoms with Crippen molar-refractivity contribution in [3.8, 4) is 5.75 Å². The highest BCUT2D eigenvalue weighted by molar-refractivity contribution is 6.37. The maximum absolute atomic E-state index is 12.8. The Bertz CT molecular complexity index is 961. The molecule has 6 nitrogen and oxygen atoms in total. The standard InChI is InChI=1S/C21H21Cl2F3N2O4/c1-2-3-4-5-6-9-32-19-15(22)10-13(11-16(19)23)20(29)27-17-8-7-14(21(24,25)26)12-18(17)28(30)31/h7-8,10-12H,2-6,9H2,1H3,(H,27,29). The number of nitro groups is 1. The van der Waals surface area contributed by atoms with Gasteiger partial charge in [-0.15, -0.1) is 0 Å². The van der Waals surface area contributed by atoms with Crippen molar-refractivity contribution >= 4 is 40.5 Å². The Morgan fingerprint density at radius 3 is 2.28 bits per heavy atom. The van der Waals surface area contributed by atoms with E-state index in [-0.39, 0.29) is 21.4 Å². The molecule has 0 fully saturated rings. The molecule has 32 heavy (non-hydrogen) atoms. The lowest BCUT2D eigenvalue weighted by Gasteiger charge is -2.13. The van der Waals surface area contributed by atoms with E-state index >= 15 is 0 Å². The number of unbranched alkanes of at least 4 members (excludes halogenated alkanes) is 4. The second-order valence-corrected chi connectivity index (χ2v) is 7.79. The van der Waals surface area contributed by atoms with Gasteiger partial charge in [-0.3, -0.25) is 14.9 Å². The van der Waals surface area contributed by atoms with E-state index in [1.807, 2.05) is 0 Å². The highest BCUT2D eigenvalue weighted by Crippen LogP contribution is 2.37. The van der Waals surface area contributed by atoms with Crippen molar-refractivity contribution in [1.82, 2.24) is 0 Å². The molecule has 0 aromatic heterocycles. The van der Waals surface area contributed by atoms with Crippen LogP contribution in [0.1, 0.15) is 54.9 Å². The highest BCUT2D eigenvalue weighted by atomic mass is 35.5. The lowest BCUT2D eigenvalue weighted by atomic mass is 10.1. The van der Waals surface area contributed by atoms with Crippen LogP contribution in [0.5, 0.6) is 5.75 Å². The van der Waals surface area contributed by atoms with Gasteiger partial charge in [-0.1, -0.05) is 55.8 Å². The molecule has 1 N–H and O–H groups in total. The first-order valence-corrected chi connectivity index (χ1v) is 10.6. The van der Waals surface area contributed by atoms with Gasteiger partial charge in [-0.05, 0) is 30.7 Å². The fourth-order valence-corrected chi connectivity index (χ4v) is 3.46. The molecule has 0 saturated heterocycles. The molecule has 2 aromatic carbocycles. The second-order valence-electron chi connectivity index (χ2n) is 6.97. The number of ether oxygens (including phenoxy) is 1. The van der Waals surface area contributed by atoms with E-state index in [4.69, 9.17) is 27.9 Å². The van der Waals surface area contributed by atoms with Gasteiger partial charge >= 0.3 is 6.18 Å². The zero-order valence-corrected chi connectivity index (χ0v) is 18.6. The van der Waals surface area contributed by atoms with Crippen LogP contribution < -0.4 is 10.1 Å². The highest BCUT2D eigenvalue weighted by Gasteiger charge is 2.33. The van der Waals surface area contributed by atoms with Gasteiger partial charge in [-0.25, -0.2) is 0 Å². The Hall–Kier alpha value is -2.52. The van der Waals surface area contributed by atoms with Gasteiger partial charge in [0.25, 0.3) is 11.6 Å². The van der Waals surface area contributed by atoms with Crippen molar-refractivity contribution in [1.29, 1.82) is 0 Å². The molecule has 0 bridgehead atoms. The van der Waals surface area contributed by atoms with E-state index in [0.29, 0.717) is 18.7 Å². The van der Waals surface area contributed by atoms with E-state index in [1.165, 1.54) is 12.1 Å². The number of halogens is 5. The zero-order chi connectivity index (χ0) is 23.9. The minimum atomic E-state index is -4.76. The number of benzene rings is 2. The third-order valence-electron chi connectivity index (χ3n) is 4.52. The lowest BCUT2D eigenvalue weighted by molar-refractivity contribution is -0.384. The van der Waals surface area contributed by atoms with E-state index in [9.17, 15) is 28.1 Å². The first kappa shape index (κ1) is 25.7. The van der Waals surface area contributed by atoms with E-state index < -0.39 is 33.9 Å². The summed E-state index contributed by atoms with van der Waals surface area (Å²) in [6.45, 7) is 2.51. The number of anilines is 1. The Labute approximate surface area is 192 Å². The molecule has 0 radical (unpaired) electrons. The third-order valence-corrected chi connectivity index (χ3v) is 5.09. The quantitative estimate of drug-likeness (QED) is 0.211. The smallest absolute Gasteiger partial charge is 0.416 e. The maximum atomic E-state index is 12.8. The number of rotatable bonds is 10. The summed E-state index contributed by atoms with van der Waals surface area (Å²) in [7, 11) is 0. The third kappa shape index (κ3) is 7.00. The molecule has 0 aliphatic heterocycles. The molecular formula is C21H21Cl2F3N2O4. The molecule has 0 spiro atoms. The Kier molecular flexibility index (Phi) is 9.15. The molecule has 0 aliphatic carbocycles. The summed E-state index contributed by atoms with van der Waals surface area (Å²) in [5, 5.41) is 13.5. The molecule has 0 unspecified atom stereocenters. The van der Waals surface area contributed by atoms with Crippen molar-refractivity contribution < 1.29 is 27.6 Å². The van der Waals surface area contributed by atoms with E-state index in [1.54, 1.807) is 0 Å². The van der Waals surface area contributed by atoms with Crippen molar-refractivity contribution in [2.45, 2.75) is 45.2 Å². The summed E-state index contributed by atoms with van der Waals surface area (Å²) < 4.78 is 44.1. The lowest BCUT2D eigenvalue weighted by Crippen LogP contribution is -2.14. The SMILES string of the molecule is CCCCCCCOc1c(Cl)cc(C(=O)Nc2ccc(C(F)(F)F)cc2[N+](=O)[O-])cc1Cl. The number of hydrogen-bond donors (Lipinski definition) is 1. The molecule has 174 valence electrons. The summed E-state index contributed by atoms with van der Waals surface area (Å²) in [4.78, 5) is 22.7. The Morgan fingerprint density at radius 2 is 1.72 bits per heavy atom. The summed E-state index contributed by atoms with van der Waals surface area (Å²) in [5.41, 5.74) is -2.53. The van der Waals surface area contributed by atoms with Gasteiger partial charge in [0.1, 0.15) is 5.69 Å². The predicted octanol–water partition coefficient (Wildman–Crippen LogP) is 7.52. The van der Waals surface area contributed by atoms with Crippen LogP contribution in [0, 0.1) is 10.1 Å². The molecule has 2 aromatic rings. The van der Waals surface area contributed by atoms with Crippen LogP contribution in [-0.2, 0) is 6.18 Å². The fourth-order valence-electron chi connectivity index (χ4n) is 2.87. The van der Waals surface area contributed by atoms with Gasteiger partial charge in [0.2, 0.25) is 0 Å². The molecule has 2 rings (SSSR count). The largest absolute Gasteiger partial charge is 0.490 e. The van der Waals surface area contributed by atoms with Gasteiger partial charge < -0.3 is 10.1 Å². The van der Waals surface area contributed by atoms with Crippen molar-refractivity contribution in [3.05, 3.63) is 61.6 Å². The molecule has 1 amide bonds. The van der Waals surface area contributed by atoms with E-state index in [0.717, 1.165) is 38.2 Å². The van der Waals surface area contributed by atoms with E-state index in [2.05, 4.69) is 12.2 Å². The summed E-state index contributed by atoms with van der Waals surface area (Å²) in [6, 6.07) is 4.35. The van der Waals surface area contributed by atoms with Gasteiger partial charge in [0.15, 0.2) is 5.75 Å². The first-order chi connectivity index (χ1) is 15.0. The molecule has 11 heteroatoms.